The number of carboxylic acid groups (broad SMARTS) is 1. The van der Waals surface area contributed by atoms with Crippen LogP contribution in [0.15, 0.2) is 18.2 Å². The largest absolute Gasteiger partial charge is 0.512 e. The van der Waals surface area contributed by atoms with Crippen LogP contribution < -0.4 is 15.2 Å². The van der Waals surface area contributed by atoms with Gasteiger partial charge in [-0.05, 0) is 18.2 Å². The third-order valence-electron chi connectivity index (χ3n) is 2.98. The number of hydrogen-bond acceptors (Lipinski definition) is 5. The molecule has 0 bridgehead atoms. The first-order valence-electron chi connectivity index (χ1n) is 6.28. The minimum atomic E-state index is -2.95. The quantitative estimate of drug-likeness (QED) is 0.794. The number of alkyl halides is 2. The summed E-state index contributed by atoms with van der Waals surface area (Å²) in [4.78, 5) is 14.4. The molecule has 0 aliphatic heterocycles. The van der Waals surface area contributed by atoms with E-state index in [2.05, 4.69) is 14.5 Å². The molecule has 0 saturated carbocycles. The van der Waals surface area contributed by atoms with E-state index in [-0.39, 0.29) is 22.0 Å². The summed E-state index contributed by atoms with van der Waals surface area (Å²) < 4.78 is 49.3. The number of hydrogen-bond donors (Lipinski definition) is 2. The molecule has 0 aliphatic carbocycles. The van der Waals surface area contributed by atoms with E-state index < -0.39 is 35.6 Å². The van der Waals surface area contributed by atoms with Crippen LogP contribution in [0, 0.1) is 5.82 Å². The van der Waals surface area contributed by atoms with Gasteiger partial charge in [0.2, 0.25) is 5.88 Å². The molecule has 2 rings (SSSR count). The van der Waals surface area contributed by atoms with Gasteiger partial charge in [0.15, 0.2) is 11.6 Å². The summed E-state index contributed by atoms with van der Waals surface area (Å²) in [7, 11) is 1.04. The fraction of sp³-hybridized carbons (Fsp3) is 0.143. The van der Waals surface area contributed by atoms with Crippen LogP contribution in [-0.2, 0) is 0 Å². The van der Waals surface area contributed by atoms with Crippen molar-refractivity contribution in [3.63, 3.8) is 0 Å². The predicted octanol–water partition coefficient (Wildman–Crippen LogP) is 4.13. The molecular weight excluding hydrogens is 353 g/mol. The monoisotopic (exact) mass is 362 g/mol. The number of methoxy groups -OCH3 is 1. The molecule has 2 aromatic rings. The number of rotatable bonds is 4. The number of halogens is 4. The Balaban J connectivity index is 2.64. The molecule has 0 aliphatic rings. The molecule has 1 aromatic carbocycles. The van der Waals surface area contributed by atoms with E-state index in [9.17, 15) is 18.0 Å². The molecule has 0 saturated heterocycles. The van der Waals surface area contributed by atoms with Gasteiger partial charge >= 0.3 is 6.16 Å². The molecule has 1 heterocycles. The summed E-state index contributed by atoms with van der Waals surface area (Å²) in [6.07, 6.45) is -4.65. The normalized spacial score (nSPS) is 10.8. The Morgan fingerprint density at radius 2 is 2.08 bits per heavy atom. The van der Waals surface area contributed by atoms with Gasteiger partial charge < -0.3 is 20.3 Å². The van der Waals surface area contributed by atoms with Crippen LogP contribution >= 0.6 is 11.6 Å². The van der Waals surface area contributed by atoms with Crippen LogP contribution in [0.2, 0.25) is 5.02 Å². The van der Waals surface area contributed by atoms with Crippen molar-refractivity contribution in [1.29, 1.82) is 0 Å². The fourth-order valence-corrected chi connectivity index (χ4v) is 2.10. The van der Waals surface area contributed by atoms with Crippen molar-refractivity contribution in [3.8, 4) is 22.9 Å². The lowest BCUT2D eigenvalue weighted by Gasteiger charge is -2.13. The van der Waals surface area contributed by atoms with Crippen molar-refractivity contribution in [2.24, 2.45) is 0 Å². The van der Waals surface area contributed by atoms with Crippen molar-refractivity contribution >= 4 is 23.4 Å². The standard InChI is InChI=1S/C14H10ClF3N2O4/c1-23-11-6(12(17)18)3-2-5(10(11)16)8-4-7(19)9(15)13(20-8)24-14(21)22/h2-4,12H,1H3,(H2,19,20)(H,21,22). The second-order valence-corrected chi connectivity index (χ2v) is 4.81. The maximum absolute atomic E-state index is 14.5. The molecule has 0 spiro atoms. The first-order valence-corrected chi connectivity index (χ1v) is 6.65. The maximum atomic E-state index is 14.5. The molecule has 128 valence electrons. The molecule has 0 unspecified atom stereocenters. The first kappa shape index (κ1) is 17.7. The van der Waals surface area contributed by atoms with Gasteiger partial charge in [0.25, 0.3) is 6.43 Å². The zero-order valence-corrected chi connectivity index (χ0v) is 12.8. The van der Waals surface area contributed by atoms with Crippen LogP contribution in [0.1, 0.15) is 12.0 Å². The Hall–Kier alpha value is -2.68. The van der Waals surface area contributed by atoms with Crippen LogP contribution in [0.5, 0.6) is 11.6 Å². The second kappa shape index (κ2) is 6.83. The molecule has 0 radical (unpaired) electrons. The smallest absolute Gasteiger partial charge is 0.493 e. The summed E-state index contributed by atoms with van der Waals surface area (Å²) in [5.41, 5.74) is 4.44. The molecule has 24 heavy (non-hydrogen) atoms. The van der Waals surface area contributed by atoms with Gasteiger partial charge in [-0.3, -0.25) is 0 Å². The Morgan fingerprint density at radius 3 is 2.62 bits per heavy atom. The Labute approximate surface area is 138 Å². The Morgan fingerprint density at radius 1 is 1.42 bits per heavy atom. The fourth-order valence-electron chi connectivity index (χ4n) is 1.96. The summed E-state index contributed by atoms with van der Waals surface area (Å²) in [5.74, 6) is -2.32. The summed E-state index contributed by atoms with van der Waals surface area (Å²) in [6, 6.07) is 3.16. The third kappa shape index (κ3) is 3.30. The van der Waals surface area contributed by atoms with Gasteiger partial charge in [-0.15, -0.1) is 0 Å². The van der Waals surface area contributed by atoms with E-state index in [4.69, 9.17) is 22.4 Å². The van der Waals surface area contributed by atoms with Crippen LogP contribution in [0.4, 0.5) is 23.7 Å². The summed E-state index contributed by atoms with van der Waals surface area (Å²) >= 11 is 5.77. The van der Waals surface area contributed by atoms with Crippen molar-refractivity contribution in [2.75, 3.05) is 12.8 Å². The lowest BCUT2D eigenvalue weighted by molar-refractivity contribution is 0.142. The van der Waals surface area contributed by atoms with E-state index in [0.29, 0.717) is 0 Å². The number of aromatic nitrogens is 1. The highest BCUT2D eigenvalue weighted by molar-refractivity contribution is 6.34. The third-order valence-corrected chi connectivity index (χ3v) is 3.36. The molecule has 0 atom stereocenters. The van der Waals surface area contributed by atoms with Gasteiger partial charge in [0.05, 0.1) is 24.1 Å². The molecule has 3 N–H and O–H groups in total. The van der Waals surface area contributed by atoms with Crippen molar-refractivity contribution in [1.82, 2.24) is 4.98 Å². The zero-order valence-electron chi connectivity index (χ0n) is 12.0. The van der Waals surface area contributed by atoms with Crippen molar-refractivity contribution in [3.05, 3.63) is 34.6 Å². The number of nitrogens with two attached hydrogens (primary N) is 1. The van der Waals surface area contributed by atoms with Gasteiger partial charge in [0, 0.05) is 5.56 Å². The number of nitrogens with zero attached hydrogens (tertiary/aromatic N) is 1. The minimum Gasteiger partial charge on any atom is -0.493 e. The lowest BCUT2D eigenvalue weighted by atomic mass is 10.1. The van der Waals surface area contributed by atoms with Gasteiger partial charge in [0.1, 0.15) is 5.02 Å². The number of benzene rings is 1. The van der Waals surface area contributed by atoms with E-state index in [1.165, 1.54) is 0 Å². The molecule has 1 aromatic heterocycles. The molecule has 0 fully saturated rings. The average Bonchev–Trinajstić information content (AvgIpc) is 2.50. The number of ether oxygens (including phenoxy) is 2. The van der Waals surface area contributed by atoms with Crippen LogP contribution in [0.3, 0.4) is 0 Å². The maximum Gasteiger partial charge on any atom is 0.512 e. The number of anilines is 1. The summed E-state index contributed by atoms with van der Waals surface area (Å²) in [5, 5.41) is 8.36. The van der Waals surface area contributed by atoms with E-state index in [1.807, 2.05) is 0 Å². The highest BCUT2D eigenvalue weighted by Gasteiger charge is 2.23. The molecule has 0 amide bonds. The Kier molecular flexibility index (Phi) is 5.03. The highest BCUT2D eigenvalue weighted by Crippen LogP contribution is 2.39. The molecular formula is C14H10ClF3N2O4. The van der Waals surface area contributed by atoms with E-state index >= 15 is 0 Å². The second-order valence-electron chi connectivity index (χ2n) is 4.43. The molecule has 6 nitrogen and oxygen atoms in total. The predicted molar refractivity (Wildman–Crippen MR) is 79.2 cm³/mol. The number of nitrogen functional groups attached to an aromatic ring is 1. The highest BCUT2D eigenvalue weighted by atomic mass is 35.5. The van der Waals surface area contributed by atoms with Gasteiger partial charge in [-0.1, -0.05) is 11.6 Å². The zero-order chi connectivity index (χ0) is 18.0. The van der Waals surface area contributed by atoms with Crippen LogP contribution in [0.25, 0.3) is 11.3 Å². The SMILES string of the molecule is COc1c(C(F)F)ccc(-c2cc(N)c(Cl)c(OC(=O)O)n2)c1F. The van der Waals surface area contributed by atoms with E-state index in [1.54, 1.807) is 0 Å². The number of carbonyl (C=O) groups is 1. The first-order chi connectivity index (χ1) is 11.3. The lowest BCUT2D eigenvalue weighted by Crippen LogP contribution is -2.07. The van der Waals surface area contributed by atoms with Crippen molar-refractivity contribution < 1.29 is 32.5 Å². The Bertz CT molecular complexity index is 802. The van der Waals surface area contributed by atoms with Gasteiger partial charge in [-0.2, -0.15) is 0 Å². The number of pyridine rings is 1. The minimum absolute atomic E-state index is 0.130. The summed E-state index contributed by atoms with van der Waals surface area (Å²) in [6.45, 7) is 0. The van der Waals surface area contributed by atoms with Gasteiger partial charge in [-0.25, -0.2) is 22.9 Å². The topological polar surface area (TPSA) is 94.7 Å². The van der Waals surface area contributed by atoms with Crippen LogP contribution in [-0.4, -0.2) is 23.4 Å². The molecule has 10 heteroatoms. The van der Waals surface area contributed by atoms with Crippen molar-refractivity contribution in [2.45, 2.75) is 6.43 Å². The van der Waals surface area contributed by atoms with E-state index in [0.717, 1.165) is 25.3 Å². The average molecular weight is 363 g/mol.